The number of carbonyl (C=O) groups excluding carboxylic acids is 1. The van der Waals surface area contributed by atoms with Crippen LogP contribution in [0.2, 0.25) is 0 Å². The minimum atomic E-state index is 0.208. The van der Waals surface area contributed by atoms with E-state index in [1.165, 1.54) is 6.33 Å². The van der Waals surface area contributed by atoms with Gasteiger partial charge < -0.3 is 15.4 Å². The number of rotatable bonds is 5. The third-order valence-electron chi connectivity index (χ3n) is 4.29. The normalized spacial score (nSPS) is 16.6. The van der Waals surface area contributed by atoms with Crippen LogP contribution in [0.1, 0.15) is 22.3 Å². The first kappa shape index (κ1) is 16.3. The van der Waals surface area contributed by atoms with Crippen molar-refractivity contribution in [2.75, 3.05) is 23.8 Å². The fourth-order valence-corrected chi connectivity index (χ4v) is 2.82. The molecule has 0 saturated carbocycles. The molecule has 1 aliphatic heterocycles. The van der Waals surface area contributed by atoms with Gasteiger partial charge in [0, 0.05) is 17.9 Å². The van der Waals surface area contributed by atoms with Gasteiger partial charge in [0.25, 0.3) is 0 Å². The number of carbonyl (C=O) groups is 1. The largest absolute Gasteiger partial charge is 0.379 e. The number of hydrogen-bond donors (Lipinski definition) is 2. The van der Waals surface area contributed by atoms with Gasteiger partial charge in [-0.2, -0.15) is 0 Å². The van der Waals surface area contributed by atoms with Gasteiger partial charge in [-0.15, -0.1) is 0 Å². The average Bonchev–Trinajstić information content (AvgIpc) is 3.17. The minimum absolute atomic E-state index is 0.208. The number of ether oxygens (including phenoxy) is 1. The molecular formula is C18H18N6O2. The van der Waals surface area contributed by atoms with Gasteiger partial charge in [-0.3, -0.25) is 4.79 Å². The number of anilines is 3. The van der Waals surface area contributed by atoms with Crippen LogP contribution in [-0.2, 0) is 4.74 Å². The Balaban J connectivity index is 1.68. The maximum atomic E-state index is 11.1. The van der Waals surface area contributed by atoms with Crippen LogP contribution in [0.3, 0.4) is 0 Å². The van der Waals surface area contributed by atoms with E-state index < -0.39 is 0 Å². The van der Waals surface area contributed by atoms with Gasteiger partial charge in [-0.05, 0) is 25.0 Å². The van der Waals surface area contributed by atoms with Crippen molar-refractivity contribution in [1.82, 2.24) is 19.9 Å². The van der Waals surface area contributed by atoms with E-state index in [-0.39, 0.29) is 6.04 Å². The number of aromatic nitrogens is 4. The van der Waals surface area contributed by atoms with Gasteiger partial charge in [-0.1, -0.05) is 12.1 Å². The van der Waals surface area contributed by atoms with E-state index in [4.69, 9.17) is 4.74 Å². The molecule has 8 heteroatoms. The molecular weight excluding hydrogens is 332 g/mol. The third-order valence-corrected chi connectivity index (χ3v) is 4.29. The number of nitrogens with one attached hydrogen (secondary N) is 2. The molecule has 132 valence electrons. The highest BCUT2D eigenvalue weighted by Gasteiger charge is 2.17. The zero-order valence-electron chi connectivity index (χ0n) is 14.3. The van der Waals surface area contributed by atoms with Crippen LogP contribution in [0.5, 0.6) is 0 Å². The van der Waals surface area contributed by atoms with Crippen LogP contribution in [-0.4, -0.2) is 45.5 Å². The van der Waals surface area contributed by atoms with Gasteiger partial charge in [0.05, 0.1) is 18.8 Å². The Hall–Kier alpha value is -3.13. The van der Waals surface area contributed by atoms with Gasteiger partial charge in [0.15, 0.2) is 5.82 Å². The van der Waals surface area contributed by atoms with Crippen LogP contribution in [0.15, 0.2) is 30.7 Å². The van der Waals surface area contributed by atoms with E-state index in [0.717, 1.165) is 30.6 Å². The molecule has 1 atom stereocenters. The lowest BCUT2D eigenvalue weighted by molar-refractivity contribution is 0.112. The molecule has 3 heterocycles. The van der Waals surface area contributed by atoms with Crippen molar-refractivity contribution in [3.63, 3.8) is 0 Å². The van der Waals surface area contributed by atoms with E-state index in [1.807, 2.05) is 13.0 Å². The first-order valence-corrected chi connectivity index (χ1v) is 8.38. The lowest BCUT2D eigenvalue weighted by Gasteiger charge is -2.13. The number of aldehydes is 1. The Morgan fingerprint density at radius 2 is 2.19 bits per heavy atom. The second-order valence-electron chi connectivity index (χ2n) is 6.17. The first-order valence-electron chi connectivity index (χ1n) is 8.38. The van der Waals surface area contributed by atoms with E-state index in [1.54, 1.807) is 18.3 Å². The Kier molecular flexibility index (Phi) is 4.40. The molecule has 3 aromatic rings. The van der Waals surface area contributed by atoms with Crippen molar-refractivity contribution >= 4 is 34.8 Å². The smallest absolute Gasteiger partial charge is 0.223 e. The molecule has 1 fully saturated rings. The fourth-order valence-electron chi connectivity index (χ4n) is 2.82. The standard InChI is InChI=1S/C18H18N6O2/c1-11-2-3-12(8-25)6-14(11)23-17-16-15(20-10-21-17)7-19-18(24-16)22-13-4-5-26-9-13/h2-3,6-8,10,13H,4-5,9H2,1H3,(H,19,22,24)(H,20,21,23). The predicted molar refractivity (Wildman–Crippen MR) is 97.8 cm³/mol. The minimum Gasteiger partial charge on any atom is -0.379 e. The summed E-state index contributed by atoms with van der Waals surface area (Å²) in [6.45, 7) is 3.35. The third kappa shape index (κ3) is 3.31. The van der Waals surface area contributed by atoms with E-state index in [0.29, 0.717) is 35.0 Å². The number of benzene rings is 1. The van der Waals surface area contributed by atoms with Crippen LogP contribution < -0.4 is 10.6 Å². The van der Waals surface area contributed by atoms with Crippen molar-refractivity contribution in [3.05, 3.63) is 41.9 Å². The fraction of sp³-hybridized carbons (Fsp3) is 0.278. The Labute approximate surface area is 150 Å². The van der Waals surface area contributed by atoms with Gasteiger partial charge in [0.2, 0.25) is 5.95 Å². The SMILES string of the molecule is Cc1ccc(C=O)cc1Nc1ncnc2cnc(NC3CCOC3)nc12. The van der Waals surface area contributed by atoms with Crippen LogP contribution in [0.4, 0.5) is 17.5 Å². The molecule has 0 spiro atoms. The summed E-state index contributed by atoms with van der Waals surface area (Å²) in [6, 6.07) is 5.66. The topological polar surface area (TPSA) is 102 Å². The number of aryl methyl sites for hydroxylation is 1. The van der Waals surface area contributed by atoms with Crippen molar-refractivity contribution in [2.45, 2.75) is 19.4 Å². The maximum Gasteiger partial charge on any atom is 0.223 e. The molecule has 1 saturated heterocycles. The van der Waals surface area contributed by atoms with Gasteiger partial charge in [0.1, 0.15) is 23.6 Å². The quantitative estimate of drug-likeness (QED) is 0.677. The Bertz CT molecular complexity index is 956. The van der Waals surface area contributed by atoms with Crippen molar-refractivity contribution < 1.29 is 9.53 Å². The van der Waals surface area contributed by atoms with E-state index in [2.05, 4.69) is 30.6 Å². The summed E-state index contributed by atoms with van der Waals surface area (Å²) in [4.78, 5) is 28.5. The van der Waals surface area contributed by atoms with Gasteiger partial charge >= 0.3 is 0 Å². The number of hydrogen-bond acceptors (Lipinski definition) is 8. The van der Waals surface area contributed by atoms with Gasteiger partial charge in [-0.25, -0.2) is 19.9 Å². The second kappa shape index (κ2) is 7.01. The average molecular weight is 350 g/mol. The molecule has 26 heavy (non-hydrogen) atoms. The Morgan fingerprint density at radius 1 is 1.27 bits per heavy atom. The zero-order valence-corrected chi connectivity index (χ0v) is 14.3. The molecule has 0 radical (unpaired) electrons. The van der Waals surface area contributed by atoms with Crippen molar-refractivity contribution in [3.8, 4) is 0 Å². The molecule has 1 aromatic carbocycles. The molecule has 0 aliphatic carbocycles. The molecule has 4 rings (SSSR count). The molecule has 1 unspecified atom stereocenters. The highest BCUT2D eigenvalue weighted by molar-refractivity contribution is 5.88. The summed E-state index contributed by atoms with van der Waals surface area (Å²) in [5.74, 6) is 1.08. The number of nitrogens with zero attached hydrogens (tertiary/aromatic N) is 4. The van der Waals surface area contributed by atoms with E-state index >= 15 is 0 Å². The van der Waals surface area contributed by atoms with Crippen LogP contribution >= 0.6 is 0 Å². The predicted octanol–water partition coefficient (Wildman–Crippen LogP) is 2.49. The van der Waals surface area contributed by atoms with Crippen LogP contribution in [0, 0.1) is 6.92 Å². The molecule has 8 nitrogen and oxygen atoms in total. The van der Waals surface area contributed by atoms with Crippen molar-refractivity contribution in [1.29, 1.82) is 0 Å². The molecule has 2 N–H and O–H groups in total. The summed E-state index contributed by atoms with van der Waals surface area (Å²) >= 11 is 0. The monoisotopic (exact) mass is 350 g/mol. The maximum absolute atomic E-state index is 11.1. The summed E-state index contributed by atoms with van der Waals surface area (Å²) in [5.41, 5.74) is 3.64. The summed E-state index contributed by atoms with van der Waals surface area (Å²) in [6.07, 6.45) is 4.87. The first-order chi connectivity index (χ1) is 12.7. The van der Waals surface area contributed by atoms with Crippen molar-refractivity contribution in [2.24, 2.45) is 0 Å². The highest BCUT2D eigenvalue weighted by Crippen LogP contribution is 2.25. The molecule has 0 amide bonds. The molecule has 1 aliphatic rings. The van der Waals surface area contributed by atoms with E-state index in [9.17, 15) is 4.79 Å². The second-order valence-corrected chi connectivity index (χ2v) is 6.17. The lowest BCUT2D eigenvalue weighted by atomic mass is 10.1. The summed E-state index contributed by atoms with van der Waals surface area (Å²) in [5, 5.41) is 6.53. The Morgan fingerprint density at radius 3 is 3.00 bits per heavy atom. The molecule has 0 bridgehead atoms. The number of fused-ring (bicyclic) bond motifs is 1. The lowest BCUT2D eigenvalue weighted by Crippen LogP contribution is -2.20. The van der Waals surface area contributed by atoms with Crippen LogP contribution in [0.25, 0.3) is 11.0 Å². The summed E-state index contributed by atoms with van der Waals surface area (Å²) in [7, 11) is 0. The highest BCUT2D eigenvalue weighted by atomic mass is 16.5. The molecule has 2 aromatic heterocycles. The summed E-state index contributed by atoms with van der Waals surface area (Å²) < 4.78 is 5.37. The zero-order chi connectivity index (χ0) is 17.9.